The van der Waals surface area contributed by atoms with Crippen molar-refractivity contribution in [1.29, 1.82) is 0 Å². The smallest absolute Gasteiger partial charge is 0.251 e. The molecule has 1 aromatic carbocycles. The van der Waals surface area contributed by atoms with Gasteiger partial charge in [0.2, 0.25) is 0 Å². The standard InChI is InChI=1S/C31H35N3O2/c35-31(25-11-14-28-23(19-25)6-4-16-32-28)33-27-12-9-22(10-13-27)15-18-34-17-2-1-7-29(34)26-20-24-5-3-8-30(24)36-21-26/h3-6,8,11,14,16,19-22,27,29H,1-2,7,9-10,12-13,15,17-18H2,(H,33,35)/t22-,27-,29?. The number of hydrogen-bond donors (Lipinski definition) is 1. The van der Waals surface area contributed by atoms with Gasteiger partial charge in [-0.25, -0.2) is 0 Å². The van der Waals surface area contributed by atoms with Crippen LogP contribution in [0.4, 0.5) is 0 Å². The molecule has 2 aliphatic carbocycles. The normalized spacial score (nSPS) is 23.2. The number of benzene rings is 1. The zero-order valence-electron chi connectivity index (χ0n) is 20.9. The van der Waals surface area contributed by atoms with Crippen molar-refractivity contribution >= 4 is 16.8 Å². The molecule has 0 radical (unpaired) electrons. The lowest BCUT2D eigenvalue weighted by Crippen LogP contribution is -2.39. The molecule has 36 heavy (non-hydrogen) atoms. The molecular weight excluding hydrogens is 446 g/mol. The SMILES string of the molecule is O=C(N[C@H]1CC[C@H](CCN2CCCCC2c2coc3cccc-3c2)CC1)c1ccc2ncccc2c1. The maximum atomic E-state index is 12.9. The van der Waals surface area contributed by atoms with Gasteiger partial charge in [-0.2, -0.15) is 0 Å². The summed E-state index contributed by atoms with van der Waals surface area (Å²) in [6.07, 6.45) is 13.3. The van der Waals surface area contributed by atoms with Crippen molar-refractivity contribution in [1.82, 2.24) is 15.2 Å². The summed E-state index contributed by atoms with van der Waals surface area (Å²) < 4.78 is 5.91. The zero-order valence-corrected chi connectivity index (χ0v) is 20.9. The fourth-order valence-electron chi connectivity index (χ4n) is 6.23. The van der Waals surface area contributed by atoms with E-state index in [0.717, 1.165) is 47.5 Å². The number of pyridine rings is 1. The third kappa shape index (κ3) is 5.03. The highest BCUT2D eigenvalue weighted by molar-refractivity contribution is 5.98. The first kappa shape index (κ1) is 23.2. The van der Waals surface area contributed by atoms with Gasteiger partial charge in [0, 0.05) is 40.4 Å². The molecule has 1 amide bonds. The van der Waals surface area contributed by atoms with E-state index in [2.05, 4.69) is 33.4 Å². The predicted octanol–water partition coefficient (Wildman–Crippen LogP) is 6.84. The van der Waals surface area contributed by atoms with Gasteiger partial charge < -0.3 is 9.73 Å². The van der Waals surface area contributed by atoms with Gasteiger partial charge in [-0.1, -0.05) is 24.6 Å². The lowest BCUT2D eigenvalue weighted by molar-refractivity contribution is 0.0916. The van der Waals surface area contributed by atoms with E-state index in [1.165, 1.54) is 56.2 Å². The minimum atomic E-state index is 0.0348. The van der Waals surface area contributed by atoms with Crippen LogP contribution in [0, 0.1) is 5.92 Å². The lowest BCUT2D eigenvalue weighted by Gasteiger charge is -2.37. The molecule has 1 saturated carbocycles. The third-order valence-electron chi connectivity index (χ3n) is 8.32. The zero-order chi connectivity index (χ0) is 24.3. The van der Waals surface area contributed by atoms with Crippen molar-refractivity contribution < 1.29 is 9.21 Å². The number of aromatic nitrogens is 1. The summed E-state index contributed by atoms with van der Waals surface area (Å²) in [5.74, 6) is 1.75. The van der Waals surface area contributed by atoms with E-state index in [9.17, 15) is 4.79 Å². The molecule has 1 N–H and O–H groups in total. The summed E-state index contributed by atoms with van der Waals surface area (Å²) in [6.45, 7) is 2.33. The van der Waals surface area contributed by atoms with Gasteiger partial charge >= 0.3 is 0 Å². The van der Waals surface area contributed by atoms with E-state index in [1.807, 2.05) is 42.7 Å². The fraction of sp³-hybridized carbons (Fsp3) is 0.419. The Hall–Kier alpha value is -3.18. The Bertz CT molecular complexity index is 1290. The molecule has 5 heteroatoms. The van der Waals surface area contributed by atoms with Gasteiger partial charge in [0.05, 0.1) is 11.8 Å². The van der Waals surface area contributed by atoms with Crippen LogP contribution < -0.4 is 5.32 Å². The summed E-state index contributed by atoms with van der Waals surface area (Å²) in [5, 5.41) is 4.29. The molecule has 5 nitrogen and oxygen atoms in total. The number of carbonyl (C=O) groups is 1. The first-order valence-corrected chi connectivity index (χ1v) is 13.6. The Morgan fingerprint density at radius 2 is 1.92 bits per heavy atom. The molecule has 4 aliphatic rings. The van der Waals surface area contributed by atoms with Crippen LogP contribution in [-0.4, -0.2) is 34.9 Å². The summed E-state index contributed by atoms with van der Waals surface area (Å²) in [7, 11) is 0. The number of piperidine rings is 1. The first-order valence-electron chi connectivity index (χ1n) is 13.6. The van der Waals surface area contributed by atoms with E-state index in [4.69, 9.17) is 4.42 Å². The molecule has 2 aromatic rings. The summed E-state index contributed by atoms with van der Waals surface area (Å²) in [5.41, 5.74) is 4.18. The third-order valence-corrected chi connectivity index (χ3v) is 8.32. The van der Waals surface area contributed by atoms with Gasteiger partial charge in [-0.3, -0.25) is 14.7 Å². The number of hydrogen-bond acceptors (Lipinski definition) is 4. The molecule has 1 unspecified atom stereocenters. The average molecular weight is 482 g/mol. The van der Waals surface area contributed by atoms with Crippen molar-refractivity contribution in [2.24, 2.45) is 5.92 Å². The molecule has 2 fully saturated rings. The topological polar surface area (TPSA) is 58.4 Å². The quantitative estimate of drug-likeness (QED) is 0.328. The van der Waals surface area contributed by atoms with Crippen LogP contribution in [0.3, 0.4) is 0 Å². The largest absolute Gasteiger partial charge is 0.464 e. The summed E-state index contributed by atoms with van der Waals surface area (Å²) >= 11 is 0. The van der Waals surface area contributed by atoms with E-state index < -0.39 is 0 Å². The van der Waals surface area contributed by atoms with Gasteiger partial charge in [0.25, 0.3) is 5.91 Å². The second-order valence-corrected chi connectivity index (χ2v) is 10.7. The van der Waals surface area contributed by atoms with Crippen molar-refractivity contribution in [3.05, 3.63) is 78.2 Å². The Labute approximate surface area is 213 Å². The Kier molecular flexibility index (Phi) is 6.73. The van der Waals surface area contributed by atoms with Crippen molar-refractivity contribution in [3.8, 4) is 11.3 Å². The summed E-state index contributed by atoms with van der Waals surface area (Å²) in [4.78, 5) is 19.9. The number of carbonyl (C=O) groups excluding carboxylic acids is 1. The van der Waals surface area contributed by atoms with E-state index in [1.54, 1.807) is 6.20 Å². The fourth-order valence-corrected chi connectivity index (χ4v) is 6.23. The first-order chi connectivity index (χ1) is 17.7. The Morgan fingerprint density at radius 3 is 2.83 bits per heavy atom. The van der Waals surface area contributed by atoms with Crippen LogP contribution >= 0.6 is 0 Å². The van der Waals surface area contributed by atoms with Crippen molar-refractivity contribution in [2.45, 2.75) is 63.5 Å². The highest BCUT2D eigenvalue weighted by Gasteiger charge is 2.28. The second kappa shape index (κ2) is 10.4. The van der Waals surface area contributed by atoms with E-state index in [-0.39, 0.29) is 11.9 Å². The van der Waals surface area contributed by atoms with Crippen LogP contribution in [0.15, 0.2) is 71.5 Å². The molecule has 3 heterocycles. The second-order valence-electron chi connectivity index (χ2n) is 10.7. The van der Waals surface area contributed by atoms with E-state index >= 15 is 0 Å². The van der Waals surface area contributed by atoms with Crippen LogP contribution in [0.25, 0.3) is 22.2 Å². The number of nitrogens with zero attached hydrogens (tertiary/aromatic N) is 2. The number of fused-ring (bicyclic) bond motifs is 2. The van der Waals surface area contributed by atoms with Crippen molar-refractivity contribution in [3.63, 3.8) is 0 Å². The minimum Gasteiger partial charge on any atom is -0.464 e. The van der Waals surface area contributed by atoms with Crippen LogP contribution in [0.5, 0.6) is 0 Å². The maximum Gasteiger partial charge on any atom is 0.251 e. The van der Waals surface area contributed by atoms with Crippen molar-refractivity contribution in [2.75, 3.05) is 13.1 Å². The highest BCUT2D eigenvalue weighted by Crippen LogP contribution is 2.36. The Morgan fingerprint density at radius 1 is 1.00 bits per heavy atom. The number of rotatable bonds is 6. The van der Waals surface area contributed by atoms with Gasteiger partial charge in [-0.15, -0.1) is 0 Å². The number of amides is 1. The molecule has 6 rings (SSSR count). The monoisotopic (exact) mass is 481 g/mol. The average Bonchev–Trinajstić information content (AvgIpc) is 3.41. The maximum absolute atomic E-state index is 12.9. The molecule has 1 saturated heterocycles. The van der Waals surface area contributed by atoms with Gasteiger partial charge in [0.15, 0.2) is 0 Å². The van der Waals surface area contributed by atoms with Crippen LogP contribution in [0.2, 0.25) is 0 Å². The van der Waals surface area contributed by atoms with Gasteiger partial charge in [-0.05, 0) is 100 Å². The molecule has 2 aliphatic heterocycles. The number of likely N-dealkylation sites (tertiary alicyclic amines) is 1. The molecular formula is C31H35N3O2. The molecule has 0 spiro atoms. The lowest BCUT2D eigenvalue weighted by atomic mass is 9.83. The van der Waals surface area contributed by atoms with E-state index in [0.29, 0.717) is 6.04 Å². The molecule has 1 atom stereocenters. The molecule has 0 bridgehead atoms. The Balaban J connectivity index is 1.01. The van der Waals surface area contributed by atoms with Crippen LogP contribution in [0.1, 0.15) is 73.3 Å². The van der Waals surface area contributed by atoms with Gasteiger partial charge in [0.1, 0.15) is 5.76 Å². The predicted molar refractivity (Wildman–Crippen MR) is 143 cm³/mol. The minimum absolute atomic E-state index is 0.0348. The summed E-state index contributed by atoms with van der Waals surface area (Å²) in [6, 6.07) is 19.0. The highest BCUT2D eigenvalue weighted by atomic mass is 16.3. The van der Waals surface area contributed by atoms with Crippen LogP contribution in [-0.2, 0) is 0 Å². The molecule has 1 aromatic heterocycles. The molecule has 186 valence electrons. The number of nitrogens with one attached hydrogen (secondary N) is 1.